The first-order chi connectivity index (χ1) is 11.1. The predicted octanol–water partition coefficient (Wildman–Crippen LogP) is 1.77. The van der Waals surface area contributed by atoms with E-state index in [9.17, 15) is 9.59 Å². The Bertz CT molecular complexity index is 999. The quantitative estimate of drug-likeness (QED) is 0.745. The number of aromatic nitrogens is 3. The van der Waals surface area contributed by atoms with Gasteiger partial charge in [-0.25, -0.2) is 0 Å². The Morgan fingerprint density at radius 2 is 2.17 bits per heavy atom. The third-order valence-corrected chi connectivity index (χ3v) is 4.52. The number of carbonyl (C=O) groups is 1. The van der Waals surface area contributed by atoms with Crippen LogP contribution in [0.1, 0.15) is 21.5 Å². The molecule has 0 atom stereocenters. The van der Waals surface area contributed by atoms with Crippen LogP contribution in [0.4, 0.5) is 5.69 Å². The molecular weight excluding hydrogens is 292 g/mol. The van der Waals surface area contributed by atoms with Gasteiger partial charge < -0.3 is 9.88 Å². The molecule has 3 heterocycles. The first kappa shape index (κ1) is 13.8. The van der Waals surface area contributed by atoms with Gasteiger partial charge in [0.05, 0.1) is 11.6 Å². The molecule has 1 aliphatic rings. The molecule has 6 heteroatoms. The Morgan fingerprint density at radius 3 is 3.00 bits per heavy atom. The van der Waals surface area contributed by atoms with E-state index >= 15 is 0 Å². The van der Waals surface area contributed by atoms with Gasteiger partial charge in [-0.2, -0.15) is 5.10 Å². The second-order valence-electron chi connectivity index (χ2n) is 5.84. The summed E-state index contributed by atoms with van der Waals surface area (Å²) in [5.41, 5.74) is 3.75. The van der Waals surface area contributed by atoms with Gasteiger partial charge in [-0.05, 0) is 30.5 Å². The van der Waals surface area contributed by atoms with E-state index < -0.39 is 0 Å². The fourth-order valence-corrected chi connectivity index (χ4v) is 3.25. The standard InChI is InChI=1S/C17H16N4O2/c1-10-4-3-5-14-11(10)6-7-21(14)17(23)13-8-18-16-12(15(13)22)9-19-20(16)2/h3-5,8-9H,6-7H2,1-2H3,(H,18,22). The predicted molar refractivity (Wildman–Crippen MR) is 87.9 cm³/mol. The van der Waals surface area contributed by atoms with Crippen molar-refractivity contribution >= 4 is 22.6 Å². The minimum absolute atomic E-state index is 0.153. The van der Waals surface area contributed by atoms with Crippen LogP contribution < -0.4 is 10.3 Å². The summed E-state index contributed by atoms with van der Waals surface area (Å²) in [4.78, 5) is 30.2. The van der Waals surface area contributed by atoms with Crippen LogP contribution in [0.5, 0.6) is 0 Å². The molecule has 6 nitrogen and oxygen atoms in total. The number of H-pyrrole nitrogens is 1. The second kappa shape index (κ2) is 4.81. The zero-order chi connectivity index (χ0) is 16.1. The van der Waals surface area contributed by atoms with Gasteiger partial charge in [-0.1, -0.05) is 12.1 Å². The van der Waals surface area contributed by atoms with Gasteiger partial charge in [0.1, 0.15) is 11.2 Å². The molecule has 2 aromatic heterocycles. The lowest BCUT2D eigenvalue weighted by Gasteiger charge is -2.17. The number of amides is 1. The van der Waals surface area contributed by atoms with Crippen molar-refractivity contribution in [3.8, 4) is 0 Å². The Kier molecular flexibility index (Phi) is 2.87. The van der Waals surface area contributed by atoms with E-state index in [1.54, 1.807) is 16.6 Å². The molecule has 0 unspecified atom stereocenters. The number of fused-ring (bicyclic) bond motifs is 2. The fourth-order valence-electron chi connectivity index (χ4n) is 3.25. The summed E-state index contributed by atoms with van der Waals surface area (Å²) >= 11 is 0. The van der Waals surface area contributed by atoms with Crippen LogP contribution in [0.15, 0.2) is 35.4 Å². The number of carbonyl (C=O) groups excluding carboxylic acids is 1. The van der Waals surface area contributed by atoms with E-state index in [2.05, 4.69) is 10.1 Å². The lowest BCUT2D eigenvalue weighted by atomic mass is 10.1. The van der Waals surface area contributed by atoms with E-state index in [1.807, 2.05) is 25.1 Å². The molecule has 1 amide bonds. The van der Waals surface area contributed by atoms with Crippen molar-refractivity contribution in [2.24, 2.45) is 7.05 Å². The van der Waals surface area contributed by atoms with Crippen LogP contribution in [0.2, 0.25) is 0 Å². The number of hydrogen-bond donors (Lipinski definition) is 1. The Labute approximate surface area is 132 Å². The highest BCUT2D eigenvalue weighted by Crippen LogP contribution is 2.31. The maximum atomic E-state index is 12.9. The molecule has 0 saturated heterocycles. The lowest BCUT2D eigenvalue weighted by molar-refractivity contribution is 0.0988. The SMILES string of the molecule is Cc1cccc2c1CCN2C(=O)c1c[nH]c2c(cnn2C)c1=O. The monoisotopic (exact) mass is 308 g/mol. The number of nitrogens with one attached hydrogen (secondary N) is 1. The highest BCUT2D eigenvalue weighted by molar-refractivity contribution is 6.08. The zero-order valence-electron chi connectivity index (χ0n) is 13.0. The van der Waals surface area contributed by atoms with Crippen molar-refractivity contribution in [1.29, 1.82) is 0 Å². The molecule has 3 aromatic rings. The molecule has 0 fully saturated rings. The summed E-state index contributed by atoms with van der Waals surface area (Å²) in [5.74, 6) is -0.263. The molecule has 1 aliphatic heterocycles. The molecule has 0 radical (unpaired) electrons. The summed E-state index contributed by atoms with van der Waals surface area (Å²) < 4.78 is 1.58. The van der Waals surface area contributed by atoms with Crippen LogP contribution in [0.3, 0.4) is 0 Å². The Balaban J connectivity index is 1.81. The van der Waals surface area contributed by atoms with Gasteiger partial charge in [-0.15, -0.1) is 0 Å². The third-order valence-electron chi connectivity index (χ3n) is 4.52. The first-order valence-corrected chi connectivity index (χ1v) is 7.51. The normalized spacial score (nSPS) is 13.6. The van der Waals surface area contributed by atoms with Gasteiger partial charge in [0, 0.05) is 25.5 Å². The van der Waals surface area contributed by atoms with Crippen molar-refractivity contribution in [2.45, 2.75) is 13.3 Å². The molecule has 0 bridgehead atoms. The molecule has 0 saturated carbocycles. The van der Waals surface area contributed by atoms with E-state index in [0.717, 1.165) is 12.1 Å². The van der Waals surface area contributed by atoms with Crippen LogP contribution in [0, 0.1) is 6.92 Å². The van der Waals surface area contributed by atoms with Crippen molar-refractivity contribution < 1.29 is 4.79 Å². The number of aryl methyl sites for hydroxylation is 2. The van der Waals surface area contributed by atoms with E-state index in [-0.39, 0.29) is 16.9 Å². The number of benzene rings is 1. The summed E-state index contributed by atoms with van der Waals surface area (Å²) in [6.07, 6.45) is 3.80. The summed E-state index contributed by atoms with van der Waals surface area (Å²) in [5, 5.41) is 4.50. The van der Waals surface area contributed by atoms with E-state index in [1.165, 1.54) is 23.5 Å². The number of aromatic amines is 1. The highest BCUT2D eigenvalue weighted by atomic mass is 16.2. The van der Waals surface area contributed by atoms with Crippen molar-refractivity contribution in [2.75, 3.05) is 11.4 Å². The molecule has 4 rings (SSSR count). The minimum Gasteiger partial charge on any atom is -0.345 e. The van der Waals surface area contributed by atoms with Crippen LogP contribution >= 0.6 is 0 Å². The van der Waals surface area contributed by atoms with Gasteiger partial charge in [-0.3, -0.25) is 14.3 Å². The van der Waals surface area contributed by atoms with Crippen LogP contribution in [-0.2, 0) is 13.5 Å². The average Bonchev–Trinajstić information content (AvgIpc) is 3.13. The van der Waals surface area contributed by atoms with Crippen molar-refractivity contribution in [3.63, 3.8) is 0 Å². The minimum atomic E-state index is -0.280. The summed E-state index contributed by atoms with van der Waals surface area (Å²) in [6.45, 7) is 2.64. The second-order valence-corrected chi connectivity index (χ2v) is 5.84. The highest BCUT2D eigenvalue weighted by Gasteiger charge is 2.28. The number of pyridine rings is 1. The topological polar surface area (TPSA) is 71.0 Å². The van der Waals surface area contributed by atoms with E-state index in [4.69, 9.17) is 0 Å². The van der Waals surface area contributed by atoms with Gasteiger partial charge >= 0.3 is 0 Å². The maximum Gasteiger partial charge on any atom is 0.263 e. The molecule has 1 aromatic carbocycles. The zero-order valence-corrected chi connectivity index (χ0v) is 13.0. The summed E-state index contributed by atoms with van der Waals surface area (Å²) in [6, 6.07) is 5.92. The van der Waals surface area contributed by atoms with Gasteiger partial charge in [0.25, 0.3) is 5.91 Å². The largest absolute Gasteiger partial charge is 0.345 e. The molecule has 0 spiro atoms. The molecule has 23 heavy (non-hydrogen) atoms. The van der Waals surface area contributed by atoms with E-state index in [0.29, 0.717) is 17.6 Å². The number of hydrogen-bond acceptors (Lipinski definition) is 3. The third kappa shape index (κ3) is 1.91. The fraction of sp³-hybridized carbons (Fsp3) is 0.235. The maximum absolute atomic E-state index is 12.9. The number of anilines is 1. The summed E-state index contributed by atoms with van der Waals surface area (Å²) in [7, 11) is 1.75. The smallest absolute Gasteiger partial charge is 0.263 e. The van der Waals surface area contributed by atoms with Crippen molar-refractivity contribution in [3.05, 3.63) is 57.5 Å². The Morgan fingerprint density at radius 1 is 1.35 bits per heavy atom. The Hall–Kier alpha value is -2.89. The molecular formula is C17H16N4O2. The van der Waals surface area contributed by atoms with Crippen molar-refractivity contribution in [1.82, 2.24) is 14.8 Å². The van der Waals surface area contributed by atoms with Crippen LogP contribution in [0.25, 0.3) is 11.0 Å². The number of nitrogens with zero attached hydrogens (tertiary/aromatic N) is 3. The molecule has 0 aliphatic carbocycles. The average molecular weight is 308 g/mol. The van der Waals surface area contributed by atoms with Gasteiger partial charge in [0.15, 0.2) is 0 Å². The molecule has 1 N–H and O–H groups in total. The van der Waals surface area contributed by atoms with Crippen LogP contribution in [-0.4, -0.2) is 27.2 Å². The number of rotatable bonds is 1. The lowest BCUT2D eigenvalue weighted by Crippen LogP contribution is -2.33. The van der Waals surface area contributed by atoms with Gasteiger partial charge in [0.2, 0.25) is 5.43 Å². The first-order valence-electron chi connectivity index (χ1n) is 7.51. The molecule has 116 valence electrons.